The SMILES string of the molecule is N#Cc1cnc(NC2C(N)C3CCOC32)c([N+](=O)[O-])c1. The summed E-state index contributed by atoms with van der Waals surface area (Å²) in [4.78, 5) is 14.4. The van der Waals surface area contributed by atoms with E-state index in [9.17, 15) is 10.1 Å². The van der Waals surface area contributed by atoms with Gasteiger partial charge in [-0.2, -0.15) is 5.26 Å². The number of hydrogen-bond donors (Lipinski definition) is 2. The number of nitrogens with zero attached hydrogens (tertiary/aromatic N) is 3. The number of anilines is 1. The molecule has 1 aromatic rings. The van der Waals surface area contributed by atoms with E-state index in [0.29, 0.717) is 12.5 Å². The van der Waals surface area contributed by atoms with Crippen LogP contribution in [-0.2, 0) is 4.74 Å². The second kappa shape index (κ2) is 4.70. The first-order valence-corrected chi connectivity index (χ1v) is 6.30. The van der Waals surface area contributed by atoms with E-state index in [1.165, 1.54) is 12.3 Å². The van der Waals surface area contributed by atoms with E-state index in [1.807, 2.05) is 6.07 Å². The first-order valence-electron chi connectivity index (χ1n) is 6.30. The topological polar surface area (TPSA) is 127 Å². The molecule has 4 atom stereocenters. The number of ether oxygens (including phenoxy) is 1. The van der Waals surface area contributed by atoms with Crippen LogP contribution in [0.4, 0.5) is 11.5 Å². The summed E-state index contributed by atoms with van der Waals surface area (Å²) in [7, 11) is 0. The van der Waals surface area contributed by atoms with Gasteiger partial charge in [0.05, 0.1) is 22.6 Å². The Hall–Kier alpha value is -2.24. The van der Waals surface area contributed by atoms with Crippen LogP contribution in [-0.4, -0.2) is 34.7 Å². The molecule has 3 rings (SSSR count). The number of hydrogen-bond acceptors (Lipinski definition) is 7. The lowest BCUT2D eigenvalue weighted by molar-refractivity contribution is -0.384. The molecule has 0 spiro atoms. The van der Waals surface area contributed by atoms with Crippen molar-refractivity contribution in [3.63, 3.8) is 0 Å². The second-order valence-corrected chi connectivity index (χ2v) is 5.00. The molecule has 1 aliphatic carbocycles. The Morgan fingerprint density at radius 3 is 3.15 bits per heavy atom. The van der Waals surface area contributed by atoms with Gasteiger partial charge < -0.3 is 15.8 Å². The third-order valence-electron chi connectivity index (χ3n) is 3.94. The van der Waals surface area contributed by atoms with Crippen molar-refractivity contribution in [3.05, 3.63) is 27.9 Å². The predicted octanol–water partition coefficient (Wildman–Crippen LogP) is 0.388. The summed E-state index contributed by atoms with van der Waals surface area (Å²) < 4.78 is 5.56. The highest BCUT2D eigenvalue weighted by Gasteiger charge is 2.52. The number of nitrogens with two attached hydrogens (primary N) is 1. The molecule has 2 fully saturated rings. The molecule has 1 saturated heterocycles. The van der Waals surface area contributed by atoms with Gasteiger partial charge in [-0.1, -0.05) is 0 Å². The van der Waals surface area contributed by atoms with Gasteiger partial charge >= 0.3 is 5.69 Å². The zero-order chi connectivity index (χ0) is 14.3. The van der Waals surface area contributed by atoms with Crippen LogP contribution in [0, 0.1) is 27.4 Å². The van der Waals surface area contributed by atoms with Gasteiger partial charge in [-0.25, -0.2) is 4.98 Å². The first kappa shape index (κ1) is 12.8. The Bertz CT molecular complexity index is 599. The number of rotatable bonds is 3. The number of aromatic nitrogens is 1. The van der Waals surface area contributed by atoms with Crippen LogP contribution < -0.4 is 11.1 Å². The van der Waals surface area contributed by atoms with E-state index in [4.69, 9.17) is 15.7 Å². The second-order valence-electron chi connectivity index (χ2n) is 5.00. The number of pyridine rings is 1. The molecule has 20 heavy (non-hydrogen) atoms. The Kier molecular flexibility index (Phi) is 3.00. The lowest BCUT2D eigenvalue weighted by Crippen LogP contribution is -2.65. The van der Waals surface area contributed by atoms with Crippen LogP contribution in [0.3, 0.4) is 0 Å². The Morgan fingerprint density at radius 2 is 2.45 bits per heavy atom. The first-order chi connectivity index (χ1) is 9.61. The Balaban J connectivity index is 1.84. The summed E-state index contributed by atoms with van der Waals surface area (Å²) in [5.41, 5.74) is 5.97. The lowest BCUT2D eigenvalue weighted by atomic mass is 9.72. The molecular weight excluding hydrogens is 262 g/mol. The van der Waals surface area contributed by atoms with Gasteiger partial charge in [0.1, 0.15) is 6.07 Å². The van der Waals surface area contributed by atoms with Gasteiger partial charge in [-0.05, 0) is 6.42 Å². The summed E-state index contributed by atoms with van der Waals surface area (Å²) in [5.74, 6) is 0.438. The van der Waals surface area contributed by atoms with Crippen molar-refractivity contribution in [2.45, 2.75) is 24.6 Å². The highest BCUT2D eigenvalue weighted by atomic mass is 16.6. The molecule has 8 nitrogen and oxygen atoms in total. The fourth-order valence-electron chi connectivity index (χ4n) is 2.85. The molecule has 1 saturated carbocycles. The summed E-state index contributed by atoms with van der Waals surface area (Å²) in [6, 6.07) is 2.76. The van der Waals surface area contributed by atoms with Crippen LogP contribution in [0.2, 0.25) is 0 Å². The maximum Gasteiger partial charge on any atom is 0.312 e. The van der Waals surface area contributed by atoms with Crippen LogP contribution in [0.1, 0.15) is 12.0 Å². The minimum atomic E-state index is -0.562. The van der Waals surface area contributed by atoms with Crippen LogP contribution >= 0.6 is 0 Å². The van der Waals surface area contributed by atoms with Crippen molar-refractivity contribution in [2.75, 3.05) is 11.9 Å². The van der Waals surface area contributed by atoms with E-state index in [1.54, 1.807) is 0 Å². The quantitative estimate of drug-likeness (QED) is 0.603. The highest BCUT2D eigenvalue weighted by molar-refractivity contribution is 5.59. The van der Waals surface area contributed by atoms with Crippen LogP contribution in [0.25, 0.3) is 0 Å². The van der Waals surface area contributed by atoms with Crippen molar-refractivity contribution >= 4 is 11.5 Å². The van der Waals surface area contributed by atoms with Gasteiger partial charge in [0.25, 0.3) is 0 Å². The van der Waals surface area contributed by atoms with Crippen LogP contribution in [0.5, 0.6) is 0 Å². The van der Waals surface area contributed by atoms with E-state index in [0.717, 1.165) is 6.42 Å². The van der Waals surface area contributed by atoms with Gasteiger partial charge in [0.15, 0.2) is 0 Å². The van der Waals surface area contributed by atoms with Crippen molar-refractivity contribution < 1.29 is 9.66 Å². The van der Waals surface area contributed by atoms with Crippen molar-refractivity contribution in [2.24, 2.45) is 11.7 Å². The molecule has 1 aliphatic heterocycles. The van der Waals surface area contributed by atoms with E-state index < -0.39 is 4.92 Å². The summed E-state index contributed by atoms with van der Waals surface area (Å²) in [6.45, 7) is 0.671. The smallest absolute Gasteiger partial charge is 0.312 e. The molecule has 0 aromatic carbocycles. The van der Waals surface area contributed by atoms with E-state index >= 15 is 0 Å². The third-order valence-corrected chi connectivity index (χ3v) is 3.94. The van der Waals surface area contributed by atoms with Crippen molar-refractivity contribution in [3.8, 4) is 6.07 Å². The summed E-state index contributed by atoms with van der Waals surface area (Å²) in [6.07, 6.45) is 2.21. The lowest BCUT2D eigenvalue weighted by Gasteiger charge is -2.45. The summed E-state index contributed by atoms with van der Waals surface area (Å²) in [5, 5.41) is 22.8. The number of nitro groups is 1. The van der Waals surface area contributed by atoms with Gasteiger partial charge in [-0.3, -0.25) is 10.1 Å². The predicted molar refractivity (Wildman–Crippen MR) is 68.8 cm³/mol. The third kappa shape index (κ3) is 1.88. The Labute approximate surface area is 114 Å². The minimum Gasteiger partial charge on any atom is -0.376 e. The number of fused-ring (bicyclic) bond motifs is 1. The zero-order valence-electron chi connectivity index (χ0n) is 10.5. The average Bonchev–Trinajstić information content (AvgIpc) is 2.89. The molecule has 8 heteroatoms. The molecule has 104 valence electrons. The average molecular weight is 275 g/mol. The van der Waals surface area contributed by atoms with Crippen molar-refractivity contribution in [1.29, 1.82) is 5.26 Å². The molecule has 0 amide bonds. The van der Waals surface area contributed by atoms with Gasteiger partial charge in [0.2, 0.25) is 5.82 Å². The minimum absolute atomic E-state index is 0.0120. The van der Waals surface area contributed by atoms with E-state index in [-0.39, 0.29) is 35.3 Å². The molecule has 2 heterocycles. The van der Waals surface area contributed by atoms with Gasteiger partial charge in [0, 0.05) is 30.8 Å². The molecule has 2 aliphatic rings. The number of nitrogens with one attached hydrogen (secondary N) is 1. The van der Waals surface area contributed by atoms with E-state index in [2.05, 4.69) is 10.3 Å². The maximum absolute atomic E-state index is 11.0. The molecule has 1 aromatic heterocycles. The molecule has 3 N–H and O–H groups in total. The molecular formula is C12H13N5O3. The largest absolute Gasteiger partial charge is 0.376 e. The molecule has 0 radical (unpaired) electrons. The fraction of sp³-hybridized carbons (Fsp3) is 0.500. The molecule has 4 unspecified atom stereocenters. The van der Waals surface area contributed by atoms with Gasteiger partial charge in [-0.15, -0.1) is 0 Å². The zero-order valence-corrected chi connectivity index (χ0v) is 10.5. The number of nitriles is 1. The maximum atomic E-state index is 11.0. The summed E-state index contributed by atoms with van der Waals surface area (Å²) >= 11 is 0. The fourth-order valence-corrected chi connectivity index (χ4v) is 2.85. The Morgan fingerprint density at radius 1 is 1.65 bits per heavy atom. The van der Waals surface area contributed by atoms with Crippen LogP contribution in [0.15, 0.2) is 12.3 Å². The monoisotopic (exact) mass is 275 g/mol. The molecule has 0 bridgehead atoms. The highest BCUT2D eigenvalue weighted by Crippen LogP contribution is 2.40. The van der Waals surface area contributed by atoms with Crippen molar-refractivity contribution in [1.82, 2.24) is 4.98 Å². The standard InChI is InChI=1S/C12H13N5O3/c13-4-6-3-8(17(18)19)12(15-5-6)16-10-9(14)7-1-2-20-11(7)10/h3,5,7,9-11H,1-2,14H2,(H,15,16). The normalized spacial score (nSPS) is 31.0.